The van der Waals surface area contributed by atoms with Gasteiger partial charge in [0.2, 0.25) is 0 Å². The molecule has 9 atom stereocenters. The number of carbonyl (C=O) groups excluding carboxylic acids is 1. The Morgan fingerprint density at radius 1 is 0.952 bits per heavy atom. The number of ether oxygens (including phenoxy) is 1. The van der Waals surface area contributed by atoms with Crippen LogP contribution in [0.3, 0.4) is 0 Å². The fourth-order valence-corrected chi connectivity index (χ4v) is 6.21. The van der Waals surface area contributed by atoms with Crippen LogP contribution < -0.4 is 0 Å². The largest absolute Gasteiger partial charge is 0.460 e. The lowest BCUT2D eigenvalue weighted by atomic mass is 9.66. The Balaban J connectivity index is 1.54. The minimum atomic E-state index is -0.574. The van der Waals surface area contributed by atoms with Gasteiger partial charge in [-0.15, -0.1) is 0 Å². The van der Waals surface area contributed by atoms with E-state index in [4.69, 9.17) is 4.74 Å². The summed E-state index contributed by atoms with van der Waals surface area (Å²) < 4.78 is 5.60. The van der Waals surface area contributed by atoms with Crippen molar-refractivity contribution < 1.29 is 19.7 Å². The van der Waals surface area contributed by atoms with Crippen LogP contribution in [0.15, 0.2) is 0 Å². The molecule has 4 heteroatoms. The molecule has 0 radical (unpaired) electrons. The van der Waals surface area contributed by atoms with Gasteiger partial charge in [0.05, 0.1) is 18.1 Å². The fraction of sp³-hybridized carbons (Fsp3) is 0.941. The number of rotatable bonds is 1. The van der Waals surface area contributed by atoms with Gasteiger partial charge in [0.15, 0.2) is 0 Å². The summed E-state index contributed by atoms with van der Waals surface area (Å²) in [4.78, 5) is 12.5. The molecule has 4 rings (SSSR count). The second kappa shape index (κ2) is 4.23. The monoisotopic (exact) mass is 294 g/mol. The Bertz CT molecular complexity index is 468. The van der Waals surface area contributed by atoms with Gasteiger partial charge in [0, 0.05) is 0 Å². The molecule has 4 bridgehead atoms. The molecule has 0 saturated heterocycles. The number of hydrogen-bond acceptors (Lipinski definition) is 4. The van der Waals surface area contributed by atoms with E-state index < -0.39 is 17.8 Å². The molecule has 4 aliphatic carbocycles. The Kier molecular flexibility index (Phi) is 2.82. The Morgan fingerprint density at radius 3 is 2.19 bits per heavy atom. The van der Waals surface area contributed by atoms with Gasteiger partial charge in [0.25, 0.3) is 0 Å². The lowest BCUT2D eigenvalue weighted by Gasteiger charge is -2.41. The van der Waals surface area contributed by atoms with Crippen LogP contribution >= 0.6 is 0 Å². The lowest BCUT2D eigenvalue weighted by molar-refractivity contribution is -0.165. The molecule has 0 aromatic carbocycles. The summed E-state index contributed by atoms with van der Waals surface area (Å²) in [6, 6.07) is 0. The van der Waals surface area contributed by atoms with E-state index in [1.165, 1.54) is 0 Å². The van der Waals surface area contributed by atoms with Crippen LogP contribution in [0.2, 0.25) is 0 Å². The van der Waals surface area contributed by atoms with Crippen LogP contribution in [0, 0.1) is 41.4 Å². The lowest BCUT2D eigenvalue weighted by Crippen LogP contribution is -2.47. The molecule has 9 unspecified atom stereocenters. The molecule has 0 heterocycles. The van der Waals surface area contributed by atoms with Gasteiger partial charge in [-0.1, -0.05) is 0 Å². The zero-order valence-corrected chi connectivity index (χ0v) is 13.0. The third-order valence-corrected chi connectivity index (χ3v) is 6.60. The summed E-state index contributed by atoms with van der Waals surface area (Å²) in [6.07, 6.45) is 1.86. The van der Waals surface area contributed by atoms with Gasteiger partial charge in [-0.3, -0.25) is 4.79 Å². The van der Waals surface area contributed by atoms with Crippen molar-refractivity contribution in [2.75, 3.05) is 0 Å². The highest BCUT2D eigenvalue weighted by atomic mass is 16.6. The maximum Gasteiger partial charge on any atom is 0.309 e. The van der Waals surface area contributed by atoms with Crippen LogP contribution in [0.25, 0.3) is 0 Å². The van der Waals surface area contributed by atoms with E-state index in [9.17, 15) is 15.0 Å². The van der Waals surface area contributed by atoms with Crippen LogP contribution in [0.1, 0.15) is 40.0 Å². The number of aliphatic hydroxyl groups excluding tert-OH is 2. The normalized spacial score (nSPS) is 54.0. The van der Waals surface area contributed by atoms with Gasteiger partial charge < -0.3 is 14.9 Å². The van der Waals surface area contributed by atoms with Gasteiger partial charge in [-0.05, 0) is 75.5 Å². The van der Waals surface area contributed by atoms with Crippen molar-refractivity contribution in [2.45, 2.75) is 57.8 Å². The Labute approximate surface area is 125 Å². The zero-order valence-electron chi connectivity index (χ0n) is 13.0. The topological polar surface area (TPSA) is 66.8 Å². The van der Waals surface area contributed by atoms with Crippen LogP contribution in [-0.4, -0.2) is 34.0 Å². The first-order valence-corrected chi connectivity index (χ1v) is 8.37. The van der Waals surface area contributed by atoms with E-state index >= 15 is 0 Å². The first-order chi connectivity index (χ1) is 9.78. The van der Waals surface area contributed by atoms with E-state index in [1.54, 1.807) is 0 Å². The standard InChI is InChI=1S/C17H26O4/c1-17(2,3)21-16(20)9-5-7-4-8(9)13-11-6-10(12(7)13)14(18)15(11)19/h7-15,18-19H,4-6H2,1-3H3. The Morgan fingerprint density at radius 2 is 1.57 bits per heavy atom. The van der Waals surface area contributed by atoms with Crippen LogP contribution in [0.4, 0.5) is 0 Å². The summed E-state index contributed by atoms with van der Waals surface area (Å²) in [6.45, 7) is 5.75. The third kappa shape index (κ3) is 1.84. The number of carbonyl (C=O) groups is 1. The molecule has 2 N–H and O–H groups in total. The molecule has 118 valence electrons. The maximum atomic E-state index is 12.5. The molecule has 0 aromatic rings. The summed E-state index contributed by atoms with van der Waals surface area (Å²) >= 11 is 0. The predicted octanol–water partition coefficient (Wildman–Crippen LogP) is 1.59. The second-order valence-corrected chi connectivity index (χ2v) is 8.73. The fourth-order valence-electron chi connectivity index (χ4n) is 6.21. The van der Waals surface area contributed by atoms with Crippen molar-refractivity contribution in [3.8, 4) is 0 Å². The first-order valence-electron chi connectivity index (χ1n) is 8.37. The van der Waals surface area contributed by atoms with E-state index in [0.29, 0.717) is 23.7 Å². The highest BCUT2D eigenvalue weighted by Gasteiger charge is 2.68. The average Bonchev–Trinajstić information content (AvgIpc) is 3.07. The average molecular weight is 294 g/mol. The zero-order chi connectivity index (χ0) is 15.1. The molecule has 21 heavy (non-hydrogen) atoms. The quantitative estimate of drug-likeness (QED) is 0.569. The molecule has 0 aliphatic heterocycles. The van der Waals surface area contributed by atoms with Crippen LogP contribution in [0.5, 0.6) is 0 Å². The van der Waals surface area contributed by atoms with E-state index in [0.717, 1.165) is 19.3 Å². The van der Waals surface area contributed by atoms with E-state index in [-0.39, 0.29) is 23.7 Å². The highest BCUT2D eigenvalue weighted by Crippen LogP contribution is 2.68. The van der Waals surface area contributed by atoms with Gasteiger partial charge in [0.1, 0.15) is 5.60 Å². The molecule has 4 fully saturated rings. The molecule has 0 spiro atoms. The number of fused-ring (bicyclic) bond motifs is 9. The third-order valence-electron chi connectivity index (χ3n) is 6.60. The number of esters is 1. The van der Waals surface area contributed by atoms with E-state index in [1.807, 2.05) is 20.8 Å². The van der Waals surface area contributed by atoms with Crippen molar-refractivity contribution in [3.05, 3.63) is 0 Å². The SMILES string of the molecule is CC(C)(C)OC(=O)C1CC2CC1C1C3CC(C(O)C3O)C21. The number of hydrogen-bond donors (Lipinski definition) is 2. The van der Waals surface area contributed by atoms with Crippen molar-refractivity contribution >= 4 is 5.97 Å². The molecule has 4 saturated carbocycles. The van der Waals surface area contributed by atoms with Gasteiger partial charge >= 0.3 is 5.97 Å². The molecule has 0 aromatic heterocycles. The smallest absolute Gasteiger partial charge is 0.309 e. The summed E-state index contributed by atoms with van der Waals surface area (Å²) in [5.41, 5.74) is -0.428. The van der Waals surface area contributed by atoms with Crippen molar-refractivity contribution in [2.24, 2.45) is 41.4 Å². The van der Waals surface area contributed by atoms with Gasteiger partial charge in [-0.25, -0.2) is 0 Å². The van der Waals surface area contributed by atoms with E-state index in [2.05, 4.69) is 0 Å². The highest BCUT2D eigenvalue weighted by molar-refractivity contribution is 5.74. The second-order valence-electron chi connectivity index (χ2n) is 8.73. The first kappa shape index (κ1) is 14.0. The minimum Gasteiger partial charge on any atom is -0.460 e. The molecule has 4 aliphatic rings. The summed E-state index contributed by atoms with van der Waals surface area (Å²) in [7, 11) is 0. The van der Waals surface area contributed by atoms with Crippen LogP contribution in [-0.2, 0) is 9.53 Å². The molecule has 4 nitrogen and oxygen atoms in total. The minimum absolute atomic E-state index is 0.0131. The van der Waals surface area contributed by atoms with Crippen molar-refractivity contribution in [1.82, 2.24) is 0 Å². The molecular weight excluding hydrogens is 268 g/mol. The summed E-state index contributed by atoms with van der Waals surface area (Å²) in [5, 5.41) is 20.4. The Hall–Kier alpha value is -0.610. The summed E-state index contributed by atoms with van der Waals surface area (Å²) in [5.74, 6) is 2.33. The maximum absolute atomic E-state index is 12.5. The van der Waals surface area contributed by atoms with Crippen molar-refractivity contribution in [3.63, 3.8) is 0 Å². The predicted molar refractivity (Wildman–Crippen MR) is 76.1 cm³/mol. The molecular formula is C17H26O4. The molecule has 0 amide bonds. The number of aliphatic hydroxyl groups is 2. The van der Waals surface area contributed by atoms with Gasteiger partial charge in [-0.2, -0.15) is 0 Å². The van der Waals surface area contributed by atoms with Crippen molar-refractivity contribution in [1.29, 1.82) is 0 Å².